The van der Waals surface area contributed by atoms with Crippen LogP contribution in [0.4, 0.5) is 11.6 Å². The molecule has 2 N–H and O–H groups in total. The van der Waals surface area contributed by atoms with Crippen LogP contribution in [0.25, 0.3) is 0 Å². The minimum Gasteiger partial charge on any atom is -0.370 e. The summed E-state index contributed by atoms with van der Waals surface area (Å²) >= 11 is 1.87. The highest BCUT2D eigenvalue weighted by molar-refractivity contribution is 7.99. The van der Waals surface area contributed by atoms with Crippen LogP contribution < -0.4 is 10.6 Å². The molecule has 1 unspecified atom stereocenters. The van der Waals surface area contributed by atoms with Gasteiger partial charge in [-0.05, 0) is 32.4 Å². The Morgan fingerprint density at radius 3 is 2.45 bits per heavy atom. The Morgan fingerprint density at radius 1 is 1.25 bits per heavy atom. The molecule has 0 spiro atoms. The van der Waals surface area contributed by atoms with Gasteiger partial charge < -0.3 is 10.6 Å². The molecular formula is C15H26N4S. The fraction of sp³-hybridized carbons (Fsp3) is 0.733. The van der Waals surface area contributed by atoms with Gasteiger partial charge in [0.15, 0.2) is 0 Å². The van der Waals surface area contributed by atoms with E-state index in [0.717, 1.165) is 42.5 Å². The summed E-state index contributed by atoms with van der Waals surface area (Å²) in [4.78, 5) is 9.45. The Bertz CT molecular complexity index is 446. The SMILES string of the molecule is CCCNc1nc(C2CC2)nc(NCC(C)SC)c1C. The summed E-state index contributed by atoms with van der Waals surface area (Å²) in [6.07, 6.45) is 5.71. The molecular weight excluding hydrogens is 268 g/mol. The molecule has 1 aliphatic rings. The number of hydrogen-bond acceptors (Lipinski definition) is 5. The van der Waals surface area contributed by atoms with E-state index in [0.29, 0.717) is 11.2 Å². The van der Waals surface area contributed by atoms with Crippen LogP contribution in [-0.2, 0) is 0 Å². The summed E-state index contributed by atoms with van der Waals surface area (Å²) in [7, 11) is 0. The molecule has 0 bridgehead atoms. The maximum absolute atomic E-state index is 4.74. The van der Waals surface area contributed by atoms with E-state index < -0.39 is 0 Å². The van der Waals surface area contributed by atoms with Crippen LogP contribution in [0, 0.1) is 6.92 Å². The lowest BCUT2D eigenvalue weighted by Crippen LogP contribution is -2.17. The van der Waals surface area contributed by atoms with Crippen LogP contribution in [0.15, 0.2) is 0 Å². The number of hydrogen-bond donors (Lipinski definition) is 2. The second kappa shape index (κ2) is 7.16. The number of aromatic nitrogens is 2. The first-order valence-electron chi connectivity index (χ1n) is 7.54. The van der Waals surface area contributed by atoms with Crippen molar-refractivity contribution in [2.45, 2.75) is 51.2 Å². The summed E-state index contributed by atoms with van der Waals surface area (Å²) in [6, 6.07) is 0. The molecule has 20 heavy (non-hydrogen) atoms. The van der Waals surface area contributed by atoms with Gasteiger partial charge >= 0.3 is 0 Å². The van der Waals surface area contributed by atoms with Gasteiger partial charge in [0, 0.05) is 29.8 Å². The van der Waals surface area contributed by atoms with E-state index in [4.69, 9.17) is 9.97 Å². The predicted octanol–water partition coefficient (Wildman–Crippen LogP) is 3.65. The van der Waals surface area contributed by atoms with Crippen molar-refractivity contribution in [3.8, 4) is 0 Å². The van der Waals surface area contributed by atoms with Gasteiger partial charge in [-0.1, -0.05) is 13.8 Å². The van der Waals surface area contributed by atoms with E-state index in [9.17, 15) is 0 Å². The van der Waals surface area contributed by atoms with E-state index in [1.54, 1.807) is 0 Å². The minimum absolute atomic E-state index is 0.580. The molecule has 2 rings (SSSR count). The third-order valence-corrected chi connectivity index (χ3v) is 4.58. The number of nitrogens with zero attached hydrogens (tertiary/aromatic N) is 2. The zero-order valence-corrected chi connectivity index (χ0v) is 13.8. The molecule has 4 nitrogen and oxygen atoms in total. The topological polar surface area (TPSA) is 49.8 Å². The largest absolute Gasteiger partial charge is 0.370 e. The van der Waals surface area contributed by atoms with Crippen molar-refractivity contribution < 1.29 is 0 Å². The summed E-state index contributed by atoms with van der Waals surface area (Å²) in [5.41, 5.74) is 1.14. The maximum atomic E-state index is 4.74. The Labute approximate surface area is 126 Å². The molecule has 0 radical (unpaired) electrons. The van der Waals surface area contributed by atoms with Crippen molar-refractivity contribution in [1.82, 2.24) is 9.97 Å². The van der Waals surface area contributed by atoms with Crippen molar-refractivity contribution >= 4 is 23.4 Å². The molecule has 0 aromatic carbocycles. The molecule has 1 saturated carbocycles. The van der Waals surface area contributed by atoms with Crippen molar-refractivity contribution in [2.75, 3.05) is 30.0 Å². The van der Waals surface area contributed by atoms with Crippen molar-refractivity contribution in [3.63, 3.8) is 0 Å². The quantitative estimate of drug-likeness (QED) is 0.766. The number of nitrogens with one attached hydrogen (secondary N) is 2. The van der Waals surface area contributed by atoms with Crippen molar-refractivity contribution in [1.29, 1.82) is 0 Å². The summed E-state index contributed by atoms with van der Waals surface area (Å²) < 4.78 is 0. The minimum atomic E-state index is 0.580. The highest BCUT2D eigenvalue weighted by atomic mass is 32.2. The Kier molecular flexibility index (Phi) is 5.52. The zero-order chi connectivity index (χ0) is 14.5. The average molecular weight is 294 g/mol. The molecule has 1 fully saturated rings. The first-order chi connectivity index (χ1) is 9.65. The van der Waals surface area contributed by atoms with Gasteiger partial charge in [-0.25, -0.2) is 9.97 Å². The Hall–Kier alpha value is -0.970. The molecule has 1 aromatic rings. The fourth-order valence-electron chi connectivity index (χ4n) is 1.97. The van der Waals surface area contributed by atoms with E-state index in [2.05, 4.69) is 37.7 Å². The maximum Gasteiger partial charge on any atom is 0.136 e. The van der Waals surface area contributed by atoms with Crippen LogP contribution >= 0.6 is 11.8 Å². The number of rotatable bonds is 8. The normalized spacial score (nSPS) is 16.0. The first-order valence-corrected chi connectivity index (χ1v) is 8.83. The molecule has 1 atom stereocenters. The van der Waals surface area contributed by atoms with Gasteiger partial charge in [-0.2, -0.15) is 11.8 Å². The molecule has 1 aliphatic carbocycles. The molecule has 112 valence electrons. The number of thioether (sulfide) groups is 1. The smallest absolute Gasteiger partial charge is 0.136 e. The van der Waals surface area contributed by atoms with Crippen LogP contribution in [0.1, 0.15) is 50.4 Å². The summed E-state index contributed by atoms with van der Waals surface area (Å²) in [6.45, 7) is 8.40. The van der Waals surface area contributed by atoms with E-state index in [1.807, 2.05) is 11.8 Å². The second-order valence-corrected chi connectivity index (χ2v) is 6.81. The first kappa shape index (κ1) is 15.4. The lowest BCUT2D eigenvalue weighted by molar-refractivity contribution is 0.890. The Balaban J connectivity index is 2.16. The summed E-state index contributed by atoms with van der Waals surface area (Å²) in [5.74, 6) is 3.59. The third kappa shape index (κ3) is 4.01. The van der Waals surface area contributed by atoms with E-state index in [1.165, 1.54) is 12.8 Å². The standard InChI is InChI=1S/C15H26N4S/c1-5-8-16-13-11(3)14(17-9-10(2)20-4)19-15(18-13)12-6-7-12/h10,12H,5-9H2,1-4H3,(H2,16,17,18,19). The zero-order valence-electron chi connectivity index (χ0n) is 13.0. The Morgan fingerprint density at radius 2 is 1.90 bits per heavy atom. The van der Waals surface area contributed by atoms with Gasteiger partial charge in [0.2, 0.25) is 0 Å². The fourth-order valence-corrected chi connectivity index (χ4v) is 2.22. The molecule has 0 saturated heterocycles. The van der Waals surface area contributed by atoms with Crippen molar-refractivity contribution in [3.05, 3.63) is 11.4 Å². The van der Waals surface area contributed by atoms with Crippen molar-refractivity contribution in [2.24, 2.45) is 0 Å². The van der Waals surface area contributed by atoms with Gasteiger partial charge in [0.1, 0.15) is 17.5 Å². The number of anilines is 2. The second-order valence-electron chi connectivity index (χ2n) is 5.53. The van der Waals surface area contributed by atoms with Crippen LogP contribution in [0.2, 0.25) is 0 Å². The van der Waals surface area contributed by atoms with Gasteiger partial charge in [0.25, 0.3) is 0 Å². The van der Waals surface area contributed by atoms with Gasteiger partial charge in [0.05, 0.1) is 0 Å². The van der Waals surface area contributed by atoms with Gasteiger partial charge in [-0.15, -0.1) is 0 Å². The highest BCUT2D eigenvalue weighted by Crippen LogP contribution is 2.39. The van der Waals surface area contributed by atoms with Crippen LogP contribution in [0.3, 0.4) is 0 Å². The highest BCUT2D eigenvalue weighted by Gasteiger charge is 2.28. The lowest BCUT2D eigenvalue weighted by Gasteiger charge is -2.16. The summed E-state index contributed by atoms with van der Waals surface area (Å²) in [5, 5.41) is 7.51. The van der Waals surface area contributed by atoms with Gasteiger partial charge in [-0.3, -0.25) is 0 Å². The molecule has 0 aliphatic heterocycles. The molecule has 5 heteroatoms. The molecule has 1 heterocycles. The van der Waals surface area contributed by atoms with E-state index >= 15 is 0 Å². The average Bonchev–Trinajstić information content (AvgIpc) is 3.29. The van der Waals surface area contributed by atoms with Crippen LogP contribution in [0.5, 0.6) is 0 Å². The third-order valence-electron chi connectivity index (χ3n) is 3.61. The monoisotopic (exact) mass is 294 g/mol. The molecule has 1 aromatic heterocycles. The molecule has 0 amide bonds. The lowest BCUT2D eigenvalue weighted by atomic mass is 10.2. The van der Waals surface area contributed by atoms with E-state index in [-0.39, 0.29) is 0 Å². The predicted molar refractivity (Wildman–Crippen MR) is 89.0 cm³/mol. The van der Waals surface area contributed by atoms with Crippen LogP contribution in [-0.4, -0.2) is 34.6 Å².